The Hall–Kier alpha value is -1.46. The van der Waals surface area contributed by atoms with E-state index >= 15 is 0 Å². The molecule has 1 rings (SSSR count). The molecule has 13 heavy (non-hydrogen) atoms. The minimum atomic E-state index is 0.367. The summed E-state index contributed by atoms with van der Waals surface area (Å²) >= 11 is 0. The molecule has 0 spiro atoms. The van der Waals surface area contributed by atoms with Crippen LogP contribution in [0.3, 0.4) is 0 Å². The van der Waals surface area contributed by atoms with Crippen LogP contribution >= 0.6 is 0 Å². The van der Waals surface area contributed by atoms with Crippen LogP contribution in [0, 0.1) is 25.7 Å². The summed E-state index contributed by atoms with van der Waals surface area (Å²) in [5.41, 5.74) is 15.0. The third-order valence-corrected chi connectivity index (χ3v) is 1.86. The van der Waals surface area contributed by atoms with Gasteiger partial charge < -0.3 is 11.5 Å². The SMILES string of the molecule is Cc1cc(C)c(N)c(C#CCN)c1. The van der Waals surface area contributed by atoms with Crippen LogP contribution in [0.4, 0.5) is 5.69 Å². The standard InChI is InChI=1S/C11H14N2/c1-8-6-9(2)11(13)10(7-8)4-3-5-12/h6-7H,5,12-13H2,1-2H3. The minimum absolute atomic E-state index is 0.367. The fourth-order valence-electron chi connectivity index (χ4n) is 1.23. The molecule has 68 valence electrons. The van der Waals surface area contributed by atoms with Crippen LogP contribution in [0.5, 0.6) is 0 Å². The van der Waals surface area contributed by atoms with Crippen LogP contribution in [-0.4, -0.2) is 6.54 Å². The van der Waals surface area contributed by atoms with E-state index in [2.05, 4.69) is 11.8 Å². The molecule has 1 aromatic carbocycles. The average Bonchev–Trinajstić information content (AvgIpc) is 2.09. The second-order valence-electron chi connectivity index (χ2n) is 3.05. The normalized spacial score (nSPS) is 9.15. The van der Waals surface area contributed by atoms with Crippen LogP contribution in [-0.2, 0) is 0 Å². The molecule has 0 unspecified atom stereocenters. The fourth-order valence-corrected chi connectivity index (χ4v) is 1.23. The third kappa shape index (κ3) is 2.24. The Morgan fingerprint density at radius 1 is 1.31 bits per heavy atom. The van der Waals surface area contributed by atoms with Crippen molar-refractivity contribution in [1.29, 1.82) is 0 Å². The first kappa shape index (κ1) is 9.63. The highest BCUT2D eigenvalue weighted by atomic mass is 14.6. The molecule has 0 aromatic heterocycles. The molecular weight excluding hydrogens is 160 g/mol. The van der Waals surface area contributed by atoms with E-state index in [1.54, 1.807) is 0 Å². The van der Waals surface area contributed by atoms with Crippen molar-refractivity contribution in [3.05, 3.63) is 28.8 Å². The second kappa shape index (κ2) is 3.97. The molecule has 0 amide bonds. The number of aryl methyl sites for hydroxylation is 2. The lowest BCUT2D eigenvalue weighted by Crippen LogP contribution is -1.97. The monoisotopic (exact) mass is 174 g/mol. The first-order valence-corrected chi connectivity index (χ1v) is 4.21. The maximum absolute atomic E-state index is 5.85. The number of hydrogen-bond donors (Lipinski definition) is 2. The van der Waals surface area contributed by atoms with Crippen molar-refractivity contribution in [3.63, 3.8) is 0 Å². The van der Waals surface area contributed by atoms with E-state index in [9.17, 15) is 0 Å². The summed E-state index contributed by atoms with van der Waals surface area (Å²) in [6, 6.07) is 4.02. The lowest BCUT2D eigenvalue weighted by molar-refractivity contribution is 1.30. The van der Waals surface area contributed by atoms with Crippen molar-refractivity contribution in [2.45, 2.75) is 13.8 Å². The molecule has 0 atom stereocenters. The molecule has 0 aliphatic carbocycles. The molecule has 0 radical (unpaired) electrons. The van der Waals surface area contributed by atoms with Gasteiger partial charge in [0.1, 0.15) is 0 Å². The quantitative estimate of drug-likeness (QED) is 0.458. The van der Waals surface area contributed by atoms with Crippen LogP contribution in [0.15, 0.2) is 12.1 Å². The number of hydrogen-bond acceptors (Lipinski definition) is 2. The van der Waals surface area contributed by atoms with Crippen molar-refractivity contribution in [2.75, 3.05) is 12.3 Å². The molecule has 0 saturated carbocycles. The van der Waals surface area contributed by atoms with E-state index in [1.807, 2.05) is 26.0 Å². The molecule has 0 aliphatic heterocycles. The van der Waals surface area contributed by atoms with E-state index in [0.29, 0.717) is 6.54 Å². The number of benzene rings is 1. The topological polar surface area (TPSA) is 52.0 Å². The summed E-state index contributed by atoms with van der Waals surface area (Å²) < 4.78 is 0. The smallest absolute Gasteiger partial charge is 0.0555 e. The lowest BCUT2D eigenvalue weighted by atomic mass is 10.0. The predicted molar refractivity (Wildman–Crippen MR) is 56.3 cm³/mol. The van der Waals surface area contributed by atoms with E-state index in [1.165, 1.54) is 5.56 Å². The summed E-state index contributed by atoms with van der Waals surface area (Å²) in [4.78, 5) is 0. The second-order valence-corrected chi connectivity index (χ2v) is 3.05. The molecule has 0 saturated heterocycles. The van der Waals surface area contributed by atoms with Gasteiger partial charge in [0.2, 0.25) is 0 Å². The zero-order valence-electron chi connectivity index (χ0n) is 8.02. The zero-order valence-corrected chi connectivity index (χ0v) is 8.02. The summed E-state index contributed by atoms with van der Waals surface area (Å²) in [6.45, 7) is 4.38. The van der Waals surface area contributed by atoms with Gasteiger partial charge in [-0.25, -0.2) is 0 Å². The molecule has 0 heterocycles. The Bertz CT molecular complexity index is 370. The highest BCUT2D eigenvalue weighted by Gasteiger charge is 1.99. The van der Waals surface area contributed by atoms with Crippen molar-refractivity contribution >= 4 is 5.69 Å². The van der Waals surface area contributed by atoms with Crippen LogP contribution in [0.25, 0.3) is 0 Å². The highest BCUT2D eigenvalue weighted by Crippen LogP contribution is 2.17. The number of anilines is 1. The number of rotatable bonds is 0. The van der Waals surface area contributed by atoms with E-state index in [0.717, 1.165) is 16.8 Å². The number of nitrogens with two attached hydrogens (primary N) is 2. The maximum Gasteiger partial charge on any atom is 0.0555 e. The molecular formula is C11H14N2. The first-order chi connectivity index (χ1) is 6.15. The van der Waals surface area contributed by atoms with Gasteiger partial charge in [-0.05, 0) is 31.0 Å². The van der Waals surface area contributed by atoms with Gasteiger partial charge in [-0.15, -0.1) is 0 Å². The van der Waals surface area contributed by atoms with Crippen molar-refractivity contribution in [2.24, 2.45) is 5.73 Å². The highest BCUT2D eigenvalue weighted by molar-refractivity contribution is 5.61. The minimum Gasteiger partial charge on any atom is -0.398 e. The van der Waals surface area contributed by atoms with Gasteiger partial charge in [-0.1, -0.05) is 17.9 Å². The Labute approximate surface area is 78.9 Å². The van der Waals surface area contributed by atoms with Crippen LogP contribution in [0.2, 0.25) is 0 Å². The van der Waals surface area contributed by atoms with Crippen molar-refractivity contribution in [3.8, 4) is 11.8 Å². The fraction of sp³-hybridized carbons (Fsp3) is 0.273. The Kier molecular flexibility index (Phi) is 2.94. The molecule has 4 N–H and O–H groups in total. The van der Waals surface area contributed by atoms with Crippen LogP contribution < -0.4 is 11.5 Å². The molecule has 0 aliphatic rings. The van der Waals surface area contributed by atoms with E-state index in [4.69, 9.17) is 11.5 Å². The predicted octanol–water partition coefficient (Wildman–Crippen LogP) is 1.20. The Morgan fingerprint density at radius 2 is 2.00 bits per heavy atom. The average molecular weight is 174 g/mol. The van der Waals surface area contributed by atoms with Gasteiger partial charge >= 0.3 is 0 Å². The molecule has 0 bridgehead atoms. The van der Waals surface area contributed by atoms with Crippen LogP contribution in [0.1, 0.15) is 16.7 Å². The summed E-state index contributed by atoms with van der Waals surface area (Å²) in [7, 11) is 0. The number of nitrogen functional groups attached to an aromatic ring is 1. The third-order valence-electron chi connectivity index (χ3n) is 1.86. The van der Waals surface area contributed by atoms with Gasteiger partial charge in [0.15, 0.2) is 0 Å². The summed E-state index contributed by atoms with van der Waals surface area (Å²) in [5, 5.41) is 0. The van der Waals surface area contributed by atoms with Gasteiger partial charge in [-0.2, -0.15) is 0 Å². The Balaban J connectivity index is 3.20. The molecule has 1 aromatic rings. The molecule has 2 heteroatoms. The van der Waals surface area contributed by atoms with Gasteiger partial charge in [0, 0.05) is 5.56 Å². The van der Waals surface area contributed by atoms with Crippen molar-refractivity contribution in [1.82, 2.24) is 0 Å². The zero-order chi connectivity index (χ0) is 9.84. The van der Waals surface area contributed by atoms with E-state index in [-0.39, 0.29) is 0 Å². The van der Waals surface area contributed by atoms with Gasteiger partial charge in [0.05, 0.1) is 12.2 Å². The largest absolute Gasteiger partial charge is 0.398 e. The Morgan fingerprint density at radius 3 is 2.62 bits per heavy atom. The van der Waals surface area contributed by atoms with E-state index < -0.39 is 0 Å². The lowest BCUT2D eigenvalue weighted by Gasteiger charge is -2.04. The first-order valence-electron chi connectivity index (χ1n) is 4.21. The summed E-state index contributed by atoms with van der Waals surface area (Å²) in [5.74, 6) is 5.75. The van der Waals surface area contributed by atoms with Gasteiger partial charge in [0.25, 0.3) is 0 Å². The summed E-state index contributed by atoms with van der Waals surface area (Å²) in [6.07, 6.45) is 0. The van der Waals surface area contributed by atoms with Gasteiger partial charge in [-0.3, -0.25) is 0 Å². The molecule has 0 fully saturated rings. The maximum atomic E-state index is 5.85. The molecule has 2 nitrogen and oxygen atoms in total. The van der Waals surface area contributed by atoms with Crippen molar-refractivity contribution < 1.29 is 0 Å².